The van der Waals surface area contributed by atoms with E-state index in [2.05, 4.69) is 39.4 Å². The highest BCUT2D eigenvalue weighted by Crippen LogP contribution is 2.18. The van der Waals surface area contributed by atoms with Gasteiger partial charge in [-0.1, -0.05) is 29.8 Å². The summed E-state index contributed by atoms with van der Waals surface area (Å²) >= 11 is 7.98. The Morgan fingerprint density at radius 1 is 1.18 bits per heavy atom. The second kappa shape index (κ2) is 7.27. The normalized spacial score (nSPS) is 16.5. The van der Waals surface area contributed by atoms with Crippen molar-refractivity contribution in [2.75, 3.05) is 26.2 Å². The molecule has 0 saturated carbocycles. The van der Waals surface area contributed by atoms with Gasteiger partial charge in [-0.2, -0.15) is 5.10 Å². The van der Waals surface area contributed by atoms with Gasteiger partial charge in [0.05, 0.1) is 6.21 Å². The number of hydrogen-bond acceptors (Lipinski definition) is 4. The third-order valence-electron chi connectivity index (χ3n) is 3.94. The zero-order valence-corrected chi connectivity index (χ0v) is 14.3. The van der Waals surface area contributed by atoms with Gasteiger partial charge in [0.15, 0.2) is 0 Å². The summed E-state index contributed by atoms with van der Waals surface area (Å²) in [5.41, 5.74) is 2.50. The van der Waals surface area contributed by atoms with Crippen LogP contribution in [-0.4, -0.2) is 42.3 Å². The van der Waals surface area contributed by atoms with Gasteiger partial charge < -0.3 is 0 Å². The van der Waals surface area contributed by atoms with Crippen LogP contribution in [-0.2, 0) is 6.54 Å². The lowest BCUT2D eigenvalue weighted by Gasteiger charge is -2.33. The number of aryl methyl sites for hydroxylation is 1. The van der Waals surface area contributed by atoms with E-state index >= 15 is 0 Å². The van der Waals surface area contributed by atoms with Gasteiger partial charge in [-0.25, -0.2) is 0 Å². The Labute approximate surface area is 140 Å². The first kappa shape index (κ1) is 15.5. The van der Waals surface area contributed by atoms with Crippen molar-refractivity contribution in [2.45, 2.75) is 13.5 Å². The molecule has 1 aliphatic heterocycles. The minimum Gasteiger partial charge on any atom is -0.295 e. The third-order valence-corrected chi connectivity index (χ3v) is 5.26. The lowest BCUT2D eigenvalue weighted by molar-refractivity contribution is 0.131. The number of thiophene rings is 1. The smallest absolute Gasteiger partial charge is 0.0645 e. The van der Waals surface area contributed by atoms with E-state index in [0.29, 0.717) is 0 Å². The molecule has 1 aromatic carbocycles. The van der Waals surface area contributed by atoms with E-state index in [1.807, 2.05) is 24.4 Å². The number of hydrogen-bond donors (Lipinski definition) is 0. The molecule has 116 valence electrons. The van der Waals surface area contributed by atoms with Gasteiger partial charge in [-0.3, -0.25) is 9.91 Å². The number of nitrogens with zero attached hydrogens (tertiary/aromatic N) is 3. The van der Waals surface area contributed by atoms with E-state index in [-0.39, 0.29) is 0 Å². The molecule has 0 N–H and O–H groups in total. The Balaban J connectivity index is 1.51. The van der Waals surface area contributed by atoms with Crippen molar-refractivity contribution in [3.05, 3.63) is 56.7 Å². The topological polar surface area (TPSA) is 18.8 Å². The molecule has 0 unspecified atom stereocenters. The second-order valence-corrected chi connectivity index (χ2v) is 6.89. The maximum absolute atomic E-state index is 6.23. The van der Waals surface area contributed by atoms with Crippen molar-refractivity contribution in [3.63, 3.8) is 0 Å². The summed E-state index contributed by atoms with van der Waals surface area (Å²) in [6.45, 7) is 7.01. The molecule has 1 aromatic heterocycles. The molecule has 2 aromatic rings. The van der Waals surface area contributed by atoms with E-state index in [9.17, 15) is 0 Å². The molecule has 0 bridgehead atoms. The van der Waals surface area contributed by atoms with Crippen LogP contribution < -0.4 is 0 Å². The minimum atomic E-state index is 0.858. The first-order valence-electron chi connectivity index (χ1n) is 7.51. The first-order valence-corrected chi connectivity index (χ1v) is 8.77. The molecule has 5 heteroatoms. The van der Waals surface area contributed by atoms with E-state index < -0.39 is 0 Å². The Bertz CT molecular complexity index is 645. The van der Waals surface area contributed by atoms with Gasteiger partial charge in [-0.05, 0) is 35.6 Å². The zero-order valence-electron chi connectivity index (χ0n) is 12.7. The summed E-state index contributed by atoms with van der Waals surface area (Å²) in [6, 6.07) is 10.2. The Kier molecular flexibility index (Phi) is 5.13. The summed E-state index contributed by atoms with van der Waals surface area (Å²) < 4.78 is 0. The van der Waals surface area contributed by atoms with Gasteiger partial charge in [0.1, 0.15) is 0 Å². The predicted octanol–water partition coefficient (Wildman–Crippen LogP) is 3.86. The number of hydrazone groups is 1. The number of halogens is 1. The van der Waals surface area contributed by atoms with Crippen LogP contribution in [0.15, 0.2) is 40.8 Å². The van der Waals surface area contributed by atoms with Gasteiger partial charge in [-0.15, -0.1) is 11.3 Å². The summed E-state index contributed by atoms with van der Waals surface area (Å²) in [6.07, 6.45) is 1.99. The minimum absolute atomic E-state index is 0.858. The molecule has 0 radical (unpaired) electrons. The molecule has 3 rings (SSSR count). The van der Waals surface area contributed by atoms with Gasteiger partial charge in [0, 0.05) is 42.6 Å². The zero-order chi connectivity index (χ0) is 15.4. The molecule has 0 aliphatic carbocycles. The van der Waals surface area contributed by atoms with Crippen molar-refractivity contribution in [3.8, 4) is 0 Å². The summed E-state index contributed by atoms with van der Waals surface area (Å²) in [5, 5.41) is 9.73. The molecular weight excluding hydrogens is 314 g/mol. The van der Waals surface area contributed by atoms with Crippen LogP contribution in [0.25, 0.3) is 0 Å². The standard InChI is InChI=1S/C17H20ClN3S/c1-14-6-11-22-17(14)12-19-21-9-7-20(8-10-21)13-15-4-2-3-5-16(15)18/h2-6,11-12H,7-10,13H2,1H3/b19-12+. The Hall–Kier alpha value is -1.36. The maximum atomic E-state index is 6.23. The van der Waals surface area contributed by atoms with Crippen molar-refractivity contribution >= 4 is 29.2 Å². The highest BCUT2D eigenvalue weighted by molar-refractivity contribution is 7.11. The largest absolute Gasteiger partial charge is 0.295 e. The highest BCUT2D eigenvalue weighted by atomic mass is 35.5. The Morgan fingerprint density at radius 2 is 1.95 bits per heavy atom. The fourth-order valence-electron chi connectivity index (χ4n) is 2.53. The molecule has 1 saturated heterocycles. The van der Waals surface area contributed by atoms with Crippen LogP contribution in [0, 0.1) is 6.92 Å². The Morgan fingerprint density at radius 3 is 2.64 bits per heavy atom. The van der Waals surface area contributed by atoms with Crippen molar-refractivity contribution < 1.29 is 0 Å². The molecule has 0 spiro atoms. The van der Waals surface area contributed by atoms with Gasteiger partial charge in [0.25, 0.3) is 0 Å². The first-order chi connectivity index (χ1) is 10.7. The highest BCUT2D eigenvalue weighted by Gasteiger charge is 2.16. The maximum Gasteiger partial charge on any atom is 0.0645 e. The molecule has 2 heterocycles. The molecule has 0 atom stereocenters. The molecule has 0 amide bonds. The summed E-state index contributed by atoms with van der Waals surface area (Å²) in [5.74, 6) is 0. The van der Waals surface area contributed by atoms with Gasteiger partial charge >= 0.3 is 0 Å². The van der Waals surface area contributed by atoms with E-state index in [0.717, 1.165) is 37.7 Å². The van der Waals surface area contributed by atoms with E-state index in [4.69, 9.17) is 11.6 Å². The van der Waals surface area contributed by atoms with Crippen molar-refractivity contribution in [1.82, 2.24) is 9.91 Å². The van der Waals surface area contributed by atoms with Gasteiger partial charge in [0.2, 0.25) is 0 Å². The van der Waals surface area contributed by atoms with E-state index in [1.54, 1.807) is 11.3 Å². The average molecular weight is 334 g/mol. The fraction of sp³-hybridized carbons (Fsp3) is 0.353. The van der Waals surface area contributed by atoms with Crippen LogP contribution in [0.4, 0.5) is 0 Å². The van der Waals surface area contributed by atoms with Crippen LogP contribution >= 0.6 is 22.9 Å². The molecule has 1 fully saturated rings. The number of piperazine rings is 1. The predicted molar refractivity (Wildman–Crippen MR) is 95.0 cm³/mol. The fourth-order valence-corrected chi connectivity index (χ4v) is 3.51. The van der Waals surface area contributed by atoms with E-state index in [1.165, 1.54) is 16.0 Å². The lowest BCUT2D eigenvalue weighted by Crippen LogP contribution is -2.43. The number of rotatable bonds is 4. The monoisotopic (exact) mass is 333 g/mol. The third kappa shape index (κ3) is 3.88. The van der Waals surface area contributed by atoms with Crippen LogP contribution in [0.3, 0.4) is 0 Å². The van der Waals surface area contributed by atoms with Crippen molar-refractivity contribution in [2.24, 2.45) is 5.10 Å². The van der Waals surface area contributed by atoms with Crippen LogP contribution in [0.2, 0.25) is 5.02 Å². The SMILES string of the molecule is Cc1ccsc1/C=N/N1CCN(Cc2ccccc2Cl)CC1. The average Bonchev–Trinajstić information content (AvgIpc) is 2.94. The molecular formula is C17H20ClN3S. The van der Waals surface area contributed by atoms with Crippen molar-refractivity contribution in [1.29, 1.82) is 0 Å². The van der Waals surface area contributed by atoms with Crippen LogP contribution in [0.5, 0.6) is 0 Å². The quantitative estimate of drug-likeness (QED) is 0.791. The lowest BCUT2D eigenvalue weighted by atomic mass is 10.2. The van der Waals surface area contributed by atoms with Crippen LogP contribution in [0.1, 0.15) is 16.0 Å². The molecule has 22 heavy (non-hydrogen) atoms. The summed E-state index contributed by atoms with van der Waals surface area (Å²) in [7, 11) is 0. The number of benzene rings is 1. The molecule has 1 aliphatic rings. The molecule has 3 nitrogen and oxygen atoms in total. The summed E-state index contributed by atoms with van der Waals surface area (Å²) in [4.78, 5) is 3.68. The second-order valence-electron chi connectivity index (χ2n) is 5.53.